The van der Waals surface area contributed by atoms with Gasteiger partial charge >= 0.3 is 0 Å². The van der Waals surface area contributed by atoms with Gasteiger partial charge in [0, 0.05) is 12.6 Å². The topological polar surface area (TPSA) is 32.5 Å². The van der Waals surface area contributed by atoms with E-state index in [0.29, 0.717) is 5.92 Å². The molecule has 0 fully saturated rings. The lowest BCUT2D eigenvalue weighted by molar-refractivity contribution is 0.286. The summed E-state index contributed by atoms with van der Waals surface area (Å²) in [5, 5.41) is 0. The van der Waals surface area contributed by atoms with Gasteiger partial charge in [0.25, 0.3) is 0 Å². The van der Waals surface area contributed by atoms with Gasteiger partial charge in [0.1, 0.15) is 0 Å². The van der Waals surface area contributed by atoms with Crippen LogP contribution in [0.25, 0.3) is 0 Å². The second-order valence-electron chi connectivity index (χ2n) is 6.35. The van der Waals surface area contributed by atoms with Gasteiger partial charge in [-0.05, 0) is 57.7 Å². The van der Waals surface area contributed by atoms with Crippen LogP contribution in [0.4, 0.5) is 0 Å². The zero-order valence-electron chi connectivity index (χ0n) is 13.8. The Labute approximate surface area is 124 Å². The predicted octanol–water partition coefficient (Wildman–Crippen LogP) is 2.69. The molecule has 0 bridgehead atoms. The number of nitrogens with zero attached hydrogens (tertiary/aromatic N) is 2. The molecule has 3 heteroatoms. The predicted molar refractivity (Wildman–Crippen MR) is 88.1 cm³/mol. The maximum Gasteiger partial charge on any atom is 0.0424 e. The van der Waals surface area contributed by atoms with E-state index in [4.69, 9.17) is 5.73 Å². The molecule has 114 valence electrons. The SMILES string of the molecule is CC(C)c1ccc(C(N)CN(C)CCCN(C)C)cc1. The molecule has 0 aromatic heterocycles. The zero-order chi connectivity index (χ0) is 15.1. The molecule has 3 nitrogen and oxygen atoms in total. The van der Waals surface area contributed by atoms with Gasteiger partial charge < -0.3 is 15.5 Å². The van der Waals surface area contributed by atoms with E-state index in [1.54, 1.807) is 0 Å². The van der Waals surface area contributed by atoms with Crippen molar-refractivity contribution in [2.45, 2.75) is 32.2 Å². The Balaban J connectivity index is 2.43. The van der Waals surface area contributed by atoms with Crippen molar-refractivity contribution >= 4 is 0 Å². The molecule has 0 aliphatic heterocycles. The number of benzene rings is 1. The van der Waals surface area contributed by atoms with E-state index < -0.39 is 0 Å². The standard InChI is InChI=1S/C17H31N3/c1-14(2)15-7-9-16(10-8-15)17(18)13-20(5)12-6-11-19(3)4/h7-10,14,17H,6,11-13,18H2,1-5H3. The van der Waals surface area contributed by atoms with E-state index in [-0.39, 0.29) is 6.04 Å². The summed E-state index contributed by atoms with van der Waals surface area (Å²) in [6.45, 7) is 7.56. The minimum atomic E-state index is 0.0977. The maximum absolute atomic E-state index is 6.30. The summed E-state index contributed by atoms with van der Waals surface area (Å²) in [6.07, 6.45) is 1.18. The fourth-order valence-electron chi connectivity index (χ4n) is 2.32. The van der Waals surface area contributed by atoms with Crippen molar-refractivity contribution in [1.29, 1.82) is 0 Å². The van der Waals surface area contributed by atoms with E-state index in [9.17, 15) is 0 Å². The highest BCUT2D eigenvalue weighted by Crippen LogP contribution is 2.18. The fourth-order valence-corrected chi connectivity index (χ4v) is 2.32. The molecule has 2 N–H and O–H groups in total. The van der Waals surface area contributed by atoms with Gasteiger partial charge in [-0.2, -0.15) is 0 Å². The first-order valence-corrected chi connectivity index (χ1v) is 7.59. The van der Waals surface area contributed by atoms with Crippen LogP contribution in [0, 0.1) is 0 Å². The first kappa shape index (κ1) is 17.2. The summed E-state index contributed by atoms with van der Waals surface area (Å²) in [5.74, 6) is 0.578. The summed E-state index contributed by atoms with van der Waals surface area (Å²) >= 11 is 0. The second-order valence-corrected chi connectivity index (χ2v) is 6.35. The summed E-state index contributed by atoms with van der Waals surface area (Å²) in [5.41, 5.74) is 8.91. The van der Waals surface area contributed by atoms with Crippen molar-refractivity contribution in [2.75, 3.05) is 40.8 Å². The van der Waals surface area contributed by atoms with Crippen LogP contribution >= 0.6 is 0 Å². The Bertz CT molecular complexity index is 370. The monoisotopic (exact) mass is 277 g/mol. The van der Waals surface area contributed by atoms with Crippen LogP contribution < -0.4 is 5.73 Å². The van der Waals surface area contributed by atoms with Crippen molar-refractivity contribution < 1.29 is 0 Å². The van der Waals surface area contributed by atoms with E-state index in [2.05, 4.69) is 69.1 Å². The third kappa shape index (κ3) is 6.04. The van der Waals surface area contributed by atoms with Gasteiger partial charge in [0.2, 0.25) is 0 Å². The minimum Gasteiger partial charge on any atom is -0.323 e. The summed E-state index contributed by atoms with van der Waals surface area (Å²) in [4.78, 5) is 4.54. The van der Waals surface area contributed by atoms with Crippen molar-refractivity contribution in [3.63, 3.8) is 0 Å². The first-order chi connectivity index (χ1) is 9.40. The lowest BCUT2D eigenvalue weighted by Gasteiger charge is -2.22. The fraction of sp³-hybridized carbons (Fsp3) is 0.647. The van der Waals surface area contributed by atoms with Crippen molar-refractivity contribution in [1.82, 2.24) is 9.80 Å². The molecular weight excluding hydrogens is 246 g/mol. The Hall–Kier alpha value is -0.900. The van der Waals surface area contributed by atoms with Gasteiger partial charge in [-0.15, -0.1) is 0 Å². The number of nitrogens with two attached hydrogens (primary N) is 1. The Morgan fingerprint density at radius 2 is 1.50 bits per heavy atom. The average Bonchev–Trinajstić information content (AvgIpc) is 2.38. The first-order valence-electron chi connectivity index (χ1n) is 7.59. The molecular formula is C17H31N3. The van der Waals surface area contributed by atoms with E-state index in [0.717, 1.165) is 19.6 Å². The molecule has 0 aliphatic carbocycles. The third-order valence-electron chi connectivity index (χ3n) is 3.68. The average molecular weight is 277 g/mol. The largest absolute Gasteiger partial charge is 0.323 e. The quantitative estimate of drug-likeness (QED) is 0.793. The molecule has 1 atom stereocenters. The number of hydrogen-bond donors (Lipinski definition) is 1. The lowest BCUT2D eigenvalue weighted by atomic mass is 9.99. The normalized spacial score (nSPS) is 13.4. The number of rotatable bonds is 8. The Morgan fingerprint density at radius 3 is 2.00 bits per heavy atom. The smallest absolute Gasteiger partial charge is 0.0424 e. The van der Waals surface area contributed by atoms with Gasteiger partial charge in [-0.25, -0.2) is 0 Å². The highest BCUT2D eigenvalue weighted by molar-refractivity contribution is 5.26. The molecule has 0 spiro atoms. The van der Waals surface area contributed by atoms with E-state index in [1.165, 1.54) is 17.5 Å². The summed E-state index contributed by atoms with van der Waals surface area (Å²) in [7, 11) is 6.38. The Kier molecular flexibility index (Phi) is 7.20. The molecule has 0 heterocycles. The van der Waals surface area contributed by atoms with Crippen LogP contribution in [-0.2, 0) is 0 Å². The van der Waals surface area contributed by atoms with E-state index in [1.807, 2.05) is 0 Å². The van der Waals surface area contributed by atoms with Crippen LogP contribution in [0.15, 0.2) is 24.3 Å². The molecule has 0 saturated heterocycles. The van der Waals surface area contributed by atoms with Crippen LogP contribution in [0.1, 0.15) is 43.4 Å². The Morgan fingerprint density at radius 1 is 0.950 bits per heavy atom. The lowest BCUT2D eigenvalue weighted by Crippen LogP contribution is -2.31. The van der Waals surface area contributed by atoms with Crippen molar-refractivity contribution in [3.8, 4) is 0 Å². The van der Waals surface area contributed by atoms with Gasteiger partial charge in [-0.1, -0.05) is 38.1 Å². The molecule has 0 saturated carbocycles. The molecule has 1 unspecified atom stereocenters. The van der Waals surface area contributed by atoms with Gasteiger partial charge in [-0.3, -0.25) is 0 Å². The maximum atomic E-state index is 6.30. The second kappa shape index (κ2) is 8.40. The summed E-state index contributed by atoms with van der Waals surface area (Å²) in [6, 6.07) is 8.85. The molecule has 20 heavy (non-hydrogen) atoms. The number of hydrogen-bond acceptors (Lipinski definition) is 3. The highest BCUT2D eigenvalue weighted by atomic mass is 15.1. The minimum absolute atomic E-state index is 0.0977. The van der Waals surface area contributed by atoms with Crippen molar-refractivity contribution in [3.05, 3.63) is 35.4 Å². The molecule has 0 aliphatic rings. The summed E-state index contributed by atoms with van der Waals surface area (Å²) < 4.78 is 0. The number of likely N-dealkylation sites (N-methyl/N-ethyl adjacent to an activating group) is 1. The van der Waals surface area contributed by atoms with Gasteiger partial charge in [0.15, 0.2) is 0 Å². The molecule has 0 radical (unpaired) electrons. The van der Waals surface area contributed by atoms with Gasteiger partial charge in [0.05, 0.1) is 0 Å². The molecule has 0 amide bonds. The molecule has 1 rings (SSSR count). The van der Waals surface area contributed by atoms with Crippen LogP contribution in [0.2, 0.25) is 0 Å². The highest BCUT2D eigenvalue weighted by Gasteiger charge is 2.10. The van der Waals surface area contributed by atoms with Crippen LogP contribution in [-0.4, -0.2) is 50.6 Å². The molecule has 1 aromatic carbocycles. The van der Waals surface area contributed by atoms with Crippen molar-refractivity contribution in [2.24, 2.45) is 5.73 Å². The van der Waals surface area contributed by atoms with Crippen LogP contribution in [0.5, 0.6) is 0 Å². The zero-order valence-corrected chi connectivity index (χ0v) is 13.8. The third-order valence-corrected chi connectivity index (χ3v) is 3.68. The molecule has 1 aromatic rings. The van der Waals surface area contributed by atoms with E-state index >= 15 is 0 Å². The van der Waals surface area contributed by atoms with Crippen LogP contribution in [0.3, 0.4) is 0 Å².